The van der Waals surface area contributed by atoms with Gasteiger partial charge in [0.05, 0.1) is 0 Å². The van der Waals surface area contributed by atoms with E-state index in [0.717, 1.165) is 32.1 Å². The molecule has 0 aliphatic carbocycles. The predicted molar refractivity (Wildman–Crippen MR) is 86.0 cm³/mol. The molecule has 1 amide bonds. The lowest BCUT2D eigenvalue weighted by Crippen LogP contribution is -2.55. The van der Waals surface area contributed by atoms with Gasteiger partial charge in [-0.15, -0.1) is 0 Å². The van der Waals surface area contributed by atoms with Crippen molar-refractivity contribution in [1.82, 2.24) is 5.32 Å². The molecular weight excluding hydrogens is 382 g/mol. The SMILES string of the molecule is CCCCCCCCNC(=O)CCC1(C2(C(=O)O)OO2)OC(=O)OOC(=O)O1. The average molecular weight is 405 g/mol. The van der Waals surface area contributed by atoms with Gasteiger partial charge in [0.2, 0.25) is 5.91 Å². The number of aliphatic carboxylic acids is 1. The zero-order valence-electron chi connectivity index (χ0n) is 15.4. The third-order valence-corrected chi connectivity index (χ3v) is 4.24. The molecule has 2 aliphatic rings. The van der Waals surface area contributed by atoms with Crippen LogP contribution < -0.4 is 5.32 Å². The van der Waals surface area contributed by atoms with Gasteiger partial charge in [0, 0.05) is 19.4 Å². The summed E-state index contributed by atoms with van der Waals surface area (Å²) in [6.07, 6.45) is 2.28. The van der Waals surface area contributed by atoms with Gasteiger partial charge in [0.15, 0.2) is 0 Å². The van der Waals surface area contributed by atoms with E-state index < -0.39 is 42.2 Å². The summed E-state index contributed by atoms with van der Waals surface area (Å²) in [5, 5.41) is 12.0. The van der Waals surface area contributed by atoms with Gasteiger partial charge in [-0.3, -0.25) is 4.79 Å². The van der Waals surface area contributed by atoms with Crippen LogP contribution in [0, 0.1) is 0 Å². The average Bonchev–Trinajstić information content (AvgIpc) is 3.46. The third-order valence-electron chi connectivity index (χ3n) is 4.24. The van der Waals surface area contributed by atoms with E-state index in [4.69, 9.17) is 9.47 Å². The zero-order valence-corrected chi connectivity index (χ0v) is 15.4. The van der Waals surface area contributed by atoms with Crippen LogP contribution in [0.2, 0.25) is 0 Å². The molecular formula is C16H23NO11. The minimum Gasteiger partial charge on any atom is -0.477 e. The Morgan fingerprint density at radius 3 is 2.07 bits per heavy atom. The first kappa shape index (κ1) is 21.7. The molecule has 158 valence electrons. The normalized spacial score (nSPS) is 19.3. The van der Waals surface area contributed by atoms with Crippen LogP contribution in [0.4, 0.5) is 9.59 Å². The Balaban J connectivity index is 1.89. The summed E-state index contributed by atoms with van der Waals surface area (Å²) in [5.41, 5.74) is 0. The van der Waals surface area contributed by atoms with Crippen molar-refractivity contribution in [3.63, 3.8) is 0 Å². The van der Waals surface area contributed by atoms with E-state index in [2.05, 4.69) is 31.8 Å². The maximum atomic E-state index is 12.0. The number of carbonyl (C=O) groups is 4. The number of rotatable bonds is 12. The summed E-state index contributed by atoms with van der Waals surface area (Å²) in [4.78, 5) is 63.3. The second-order valence-corrected chi connectivity index (χ2v) is 6.33. The topological polar surface area (TPSA) is 163 Å². The van der Waals surface area contributed by atoms with Crippen molar-refractivity contribution in [2.45, 2.75) is 69.9 Å². The molecule has 2 heterocycles. The van der Waals surface area contributed by atoms with Crippen LogP contribution in [-0.4, -0.2) is 47.4 Å². The number of hydrogen-bond donors (Lipinski definition) is 2. The maximum absolute atomic E-state index is 12.0. The van der Waals surface area contributed by atoms with Gasteiger partial charge in [-0.05, 0) is 6.42 Å². The maximum Gasteiger partial charge on any atom is 0.553 e. The monoisotopic (exact) mass is 405 g/mol. The van der Waals surface area contributed by atoms with Crippen LogP contribution in [0.5, 0.6) is 0 Å². The van der Waals surface area contributed by atoms with Gasteiger partial charge in [0.1, 0.15) is 0 Å². The van der Waals surface area contributed by atoms with Crippen molar-refractivity contribution >= 4 is 24.2 Å². The number of cyclic esters (lactones) is 2. The van der Waals surface area contributed by atoms with Gasteiger partial charge in [0.25, 0.3) is 0 Å². The third kappa shape index (κ3) is 5.23. The summed E-state index contributed by atoms with van der Waals surface area (Å²) in [6, 6.07) is 0. The molecule has 12 heteroatoms. The molecule has 28 heavy (non-hydrogen) atoms. The predicted octanol–water partition coefficient (Wildman–Crippen LogP) is 1.92. The highest BCUT2D eigenvalue weighted by molar-refractivity contribution is 5.81. The molecule has 2 N–H and O–H groups in total. The van der Waals surface area contributed by atoms with Gasteiger partial charge in [-0.2, -0.15) is 29.1 Å². The zero-order chi connectivity index (χ0) is 20.6. The highest BCUT2D eigenvalue weighted by Gasteiger charge is 2.78. The van der Waals surface area contributed by atoms with Crippen LogP contribution >= 0.6 is 0 Å². The fourth-order valence-electron chi connectivity index (χ4n) is 2.70. The van der Waals surface area contributed by atoms with Crippen LogP contribution in [0.25, 0.3) is 0 Å². The van der Waals surface area contributed by atoms with Crippen LogP contribution in [0.15, 0.2) is 0 Å². The summed E-state index contributed by atoms with van der Waals surface area (Å²) >= 11 is 0. The smallest absolute Gasteiger partial charge is 0.477 e. The van der Waals surface area contributed by atoms with Crippen molar-refractivity contribution in [2.24, 2.45) is 0 Å². The first-order chi connectivity index (χ1) is 13.3. The highest BCUT2D eigenvalue weighted by atomic mass is 17.4. The highest BCUT2D eigenvalue weighted by Crippen LogP contribution is 2.47. The molecule has 2 fully saturated rings. The number of carbonyl (C=O) groups excluding carboxylic acids is 3. The van der Waals surface area contributed by atoms with Crippen molar-refractivity contribution < 1.29 is 53.3 Å². The molecule has 12 nitrogen and oxygen atoms in total. The van der Waals surface area contributed by atoms with Crippen molar-refractivity contribution in [2.75, 3.05) is 6.54 Å². The van der Waals surface area contributed by atoms with Crippen molar-refractivity contribution in [3.05, 3.63) is 0 Å². The lowest BCUT2D eigenvalue weighted by Gasteiger charge is -2.28. The molecule has 2 aliphatic heterocycles. The number of nitrogens with one attached hydrogen (secondary N) is 1. The molecule has 0 aromatic carbocycles. The number of amides is 1. The Labute approximate surface area is 160 Å². The van der Waals surface area contributed by atoms with Crippen LogP contribution in [-0.2, 0) is 38.6 Å². The standard InChI is InChI=1S/C16H23NO11/c1-2-3-4-5-6-7-10-17-11(18)8-9-15(16(12(19)20)27-28-16)23-13(21)25-26-14(22)24-15/h2-10H2,1H3,(H,17,18)(H,19,20). The largest absolute Gasteiger partial charge is 0.553 e. The molecule has 0 radical (unpaired) electrons. The lowest BCUT2D eigenvalue weighted by atomic mass is 10.0. The fraction of sp³-hybridized carbons (Fsp3) is 0.750. The van der Waals surface area contributed by atoms with Crippen molar-refractivity contribution in [1.29, 1.82) is 0 Å². The van der Waals surface area contributed by atoms with E-state index in [1.165, 1.54) is 6.42 Å². The van der Waals surface area contributed by atoms with E-state index in [-0.39, 0.29) is 6.42 Å². The molecule has 2 rings (SSSR count). The van der Waals surface area contributed by atoms with Crippen molar-refractivity contribution in [3.8, 4) is 0 Å². The van der Waals surface area contributed by atoms with Gasteiger partial charge >= 0.3 is 29.9 Å². The Morgan fingerprint density at radius 2 is 1.54 bits per heavy atom. The Hall–Kier alpha value is -2.60. The van der Waals surface area contributed by atoms with E-state index in [0.29, 0.717) is 6.54 Å². The number of hydrogen-bond acceptors (Lipinski definition) is 10. The summed E-state index contributed by atoms with van der Waals surface area (Å²) in [5.74, 6) is -7.41. The molecule has 0 aromatic heterocycles. The molecule has 0 bridgehead atoms. The number of carboxylic acids is 1. The summed E-state index contributed by atoms with van der Waals surface area (Å²) in [7, 11) is 0. The van der Waals surface area contributed by atoms with E-state index >= 15 is 0 Å². The summed E-state index contributed by atoms with van der Waals surface area (Å²) in [6.45, 7) is 2.56. The lowest BCUT2D eigenvalue weighted by molar-refractivity contribution is -0.221. The molecule has 0 unspecified atom stereocenters. The summed E-state index contributed by atoms with van der Waals surface area (Å²) < 4.78 is 9.50. The van der Waals surface area contributed by atoms with Gasteiger partial charge < -0.3 is 19.9 Å². The molecule has 0 spiro atoms. The number of unbranched alkanes of at least 4 members (excludes halogenated alkanes) is 5. The first-order valence-electron chi connectivity index (χ1n) is 9.02. The Morgan fingerprint density at radius 1 is 0.964 bits per heavy atom. The second kappa shape index (κ2) is 9.55. The number of ether oxygens (including phenoxy) is 2. The van der Waals surface area contributed by atoms with Gasteiger partial charge in [-0.1, -0.05) is 39.0 Å². The van der Waals surface area contributed by atoms with Crippen LogP contribution in [0.1, 0.15) is 58.3 Å². The Kier molecular flexibility index (Phi) is 7.40. The molecule has 0 atom stereocenters. The van der Waals surface area contributed by atoms with Crippen LogP contribution in [0.3, 0.4) is 0 Å². The minimum atomic E-state index is -2.62. The quantitative estimate of drug-likeness (QED) is 0.211. The second-order valence-electron chi connectivity index (χ2n) is 6.33. The fourth-order valence-corrected chi connectivity index (χ4v) is 2.70. The van der Waals surface area contributed by atoms with E-state index in [9.17, 15) is 24.3 Å². The van der Waals surface area contributed by atoms with Gasteiger partial charge in [-0.25, -0.2) is 4.79 Å². The van der Waals surface area contributed by atoms with E-state index in [1.54, 1.807) is 0 Å². The minimum absolute atomic E-state index is 0.349. The molecule has 0 aromatic rings. The van der Waals surface area contributed by atoms with E-state index in [1.807, 2.05) is 0 Å². The molecule has 0 saturated carbocycles. The first-order valence-corrected chi connectivity index (χ1v) is 9.02. The molecule has 2 saturated heterocycles. The Bertz CT molecular complexity index is 583. The number of carboxylic acid groups (broad SMARTS) is 1.